The van der Waals surface area contributed by atoms with E-state index in [9.17, 15) is 4.79 Å². The van der Waals surface area contributed by atoms with Gasteiger partial charge in [0.25, 0.3) is 0 Å². The van der Waals surface area contributed by atoms with Crippen LogP contribution in [0.3, 0.4) is 0 Å². The molecule has 0 aromatic carbocycles. The van der Waals surface area contributed by atoms with Crippen LogP contribution in [0.2, 0.25) is 0 Å². The second kappa shape index (κ2) is 5.10. The van der Waals surface area contributed by atoms with Crippen LogP contribution >= 0.6 is 11.5 Å². The molecule has 1 aromatic heterocycles. The maximum absolute atomic E-state index is 11.7. The third kappa shape index (κ3) is 2.80. The van der Waals surface area contributed by atoms with Gasteiger partial charge in [0.05, 0.1) is 12.7 Å². The van der Waals surface area contributed by atoms with E-state index < -0.39 is 0 Å². The first-order valence-corrected chi connectivity index (χ1v) is 5.50. The summed E-state index contributed by atoms with van der Waals surface area (Å²) in [4.78, 5) is 11.7. The molecule has 0 saturated heterocycles. The van der Waals surface area contributed by atoms with E-state index in [1.165, 1.54) is 18.6 Å². The lowest BCUT2D eigenvalue weighted by molar-refractivity contribution is 0.0972. The summed E-state index contributed by atoms with van der Waals surface area (Å²) >= 11 is 1.26. The number of aromatic nitrogens is 1. The molecule has 14 heavy (non-hydrogen) atoms. The first-order valence-electron chi connectivity index (χ1n) is 4.66. The quantitative estimate of drug-likeness (QED) is 0.706. The fraction of sp³-hybridized carbons (Fsp3) is 0.600. The maximum Gasteiger partial charge on any atom is 0.235 e. The van der Waals surface area contributed by atoms with Crippen molar-refractivity contribution in [1.29, 1.82) is 0 Å². The van der Waals surface area contributed by atoms with E-state index in [1.54, 1.807) is 5.38 Å². The Kier molecular flexibility index (Phi) is 4.07. The maximum atomic E-state index is 11.7. The molecule has 0 radical (unpaired) electrons. The molecular weight excluding hydrogens is 198 g/mol. The monoisotopic (exact) mass is 213 g/mol. The number of carbonyl (C=O) groups excluding carboxylic acids is 1. The van der Waals surface area contributed by atoms with Crippen molar-refractivity contribution in [2.75, 3.05) is 7.11 Å². The molecule has 0 amide bonds. The molecule has 0 N–H and O–H groups in total. The predicted octanol–water partition coefficient (Wildman–Crippen LogP) is 2.77. The van der Waals surface area contributed by atoms with Crippen molar-refractivity contribution in [2.24, 2.45) is 5.92 Å². The number of ether oxygens (including phenoxy) is 1. The lowest BCUT2D eigenvalue weighted by Crippen LogP contribution is -2.02. The molecule has 0 aliphatic carbocycles. The lowest BCUT2D eigenvalue weighted by Gasteiger charge is -2.03. The van der Waals surface area contributed by atoms with Gasteiger partial charge >= 0.3 is 0 Å². The van der Waals surface area contributed by atoms with Gasteiger partial charge in [-0.15, -0.1) is 0 Å². The van der Waals surface area contributed by atoms with Crippen LogP contribution in [0.15, 0.2) is 5.38 Å². The van der Waals surface area contributed by atoms with E-state index in [2.05, 4.69) is 18.2 Å². The van der Waals surface area contributed by atoms with Gasteiger partial charge in [0.1, 0.15) is 0 Å². The minimum atomic E-state index is 0.129. The molecule has 0 atom stereocenters. The van der Waals surface area contributed by atoms with Crippen molar-refractivity contribution >= 4 is 17.3 Å². The Balaban J connectivity index is 2.60. The zero-order valence-corrected chi connectivity index (χ0v) is 9.56. The van der Waals surface area contributed by atoms with Crippen LogP contribution in [-0.2, 0) is 0 Å². The Bertz CT molecular complexity index is 307. The van der Waals surface area contributed by atoms with Crippen LogP contribution in [-0.4, -0.2) is 17.3 Å². The van der Waals surface area contributed by atoms with Crippen molar-refractivity contribution in [3.63, 3.8) is 0 Å². The third-order valence-electron chi connectivity index (χ3n) is 1.98. The Labute approximate surface area is 88.3 Å². The normalized spacial score (nSPS) is 10.6. The van der Waals surface area contributed by atoms with Gasteiger partial charge in [-0.25, -0.2) is 0 Å². The highest BCUT2D eigenvalue weighted by atomic mass is 32.1. The molecule has 0 spiro atoms. The summed E-state index contributed by atoms with van der Waals surface area (Å²) in [7, 11) is 1.54. The van der Waals surface area contributed by atoms with Crippen molar-refractivity contribution in [1.82, 2.24) is 4.37 Å². The second-order valence-electron chi connectivity index (χ2n) is 3.59. The summed E-state index contributed by atoms with van der Waals surface area (Å²) in [5, 5.41) is 1.75. The minimum Gasteiger partial charge on any atom is -0.480 e. The van der Waals surface area contributed by atoms with Gasteiger partial charge in [-0.1, -0.05) is 13.8 Å². The summed E-state index contributed by atoms with van der Waals surface area (Å²) in [5.41, 5.74) is 0.623. The van der Waals surface area contributed by atoms with E-state index in [0.29, 0.717) is 23.8 Å². The van der Waals surface area contributed by atoms with Crippen LogP contribution in [0.1, 0.15) is 37.0 Å². The summed E-state index contributed by atoms with van der Waals surface area (Å²) in [6, 6.07) is 0. The fourth-order valence-electron chi connectivity index (χ4n) is 1.11. The summed E-state index contributed by atoms with van der Waals surface area (Å²) in [6.45, 7) is 4.22. The first kappa shape index (κ1) is 11.2. The van der Waals surface area contributed by atoms with Gasteiger partial charge in [-0.2, -0.15) is 4.37 Å². The Hall–Kier alpha value is -0.900. The summed E-state index contributed by atoms with van der Waals surface area (Å²) in [5.74, 6) is 1.14. The van der Waals surface area contributed by atoms with Gasteiger partial charge in [0, 0.05) is 11.8 Å². The Morgan fingerprint density at radius 1 is 1.64 bits per heavy atom. The number of methoxy groups -OCH3 is 1. The van der Waals surface area contributed by atoms with E-state index in [-0.39, 0.29) is 5.78 Å². The number of rotatable bonds is 5. The molecule has 0 saturated carbocycles. The largest absolute Gasteiger partial charge is 0.480 e. The van der Waals surface area contributed by atoms with Crippen LogP contribution in [0.4, 0.5) is 0 Å². The molecule has 1 heterocycles. The number of ketones is 1. The zero-order chi connectivity index (χ0) is 10.6. The molecule has 4 heteroatoms. The zero-order valence-electron chi connectivity index (χ0n) is 8.74. The summed E-state index contributed by atoms with van der Waals surface area (Å²) < 4.78 is 8.97. The fourth-order valence-corrected chi connectivity index (χ4v) is 1.77. The SMILES string of the molecule is COc1nscc1C(=O)CCC(C)C. The molecule has 1 aromatic rings. The average molecular weight is 213 g/mol. The molecular formula is C10H15NO2S. The van der Waals surface area contributed by atoms with Crippen molar-refractivity contribution in [3.05, 3.63) is 10.9 Å². The van der Waals surface area contributed by atoms with Crippen LogP contribution < -0.4 is 4.74 Å². The highest BCUT2D eigenvalue weighted by Crippen LogP contribution is 2.21. The smallest absolute Gasteiger partial charge is 0.235 e. The number of Topliss-reactive ketones (excluding diaryl/α,β-unsaturated/α-hetero) is 1. The first-order chi connectivity index (χ1) is 6.65. The molecule has 0 unspecified atom stereocenters. The molecule has 0 aliphatic rings. The molecule has 3 nitrogen and oxygen atoms in total. The van der Waals surface area contributed by atoms with E-state index >= 15 is 0 Å². The van der Waals surface area contributed by atoms with Gasteiger partial charge in [0.15, 0.2) is 5.78 Å². The molecule has 0 aliphatic heterocycles. The van der Waals surface area contributed by atoms with Crippen molar-refractivity contribution < 1.29 is 9.53 Å². The van der Waals surface area contributed by atoms with E-state index in [4.69, 9.17) is 4.74 Å². The molecule has 1 rings (SSSR count). The van der Waals surface area contributed by atoms with Gasteiger partial charge in [-0.3, -0.25) is 4.79 Å². The van der Waals surface area contributed by atoms with Gasteiger partial charge in [-0.05, 0) is 23.9 Å². The standard InChI is InChI=1S/C10H15NO2S/c1-7(2)4-5-9(12)8-6-14-11-10(8)13-3/h6-7H,4-5H2,1-3H3. The van der Waals surface area contributed by atoms with Crippen LogP contribution in [0.25, 0.3) is 0 Å². The van der Waals surface area contributed by atoms with Crippen molar-refractivity contribution in [3.8, 4) is 5.88 Å². The second-order valence-corrected chi connectivity index (χ2v) is 4.22. The van der Waals surface area contributed by atoms with Gasteiger partial charge < -0.3 is 4.74 Å². The van der Waals surface area contributed by atoms with Crippen LogP contribution in [0, 0.1) is 5.92 Å². The minimum absolute atomic E-state index is 0.129. The Morgan fingerprint density at radius 2 is 2.36 bits per heavy atom. The topological polar surface area (TPSA) is 39.2 Å². The lowest BCUT2D eigenvalue weighted by atomic mass is 10.0. The highest BCUT2D eigenvalue weighted by Gasteiger charge is 2.14. The van der Waals surface area contributed by atoms with Gasteiger partial charge in [0.2, 0.25) is 5.88 Å². The predicted molar refractivity (Wildman–Crippen MR) is 57.1 cm³/mol. The average Bonchev–Trinajstić information content (AvgIpc) is 2.61. The highest BCUT2D eigenvalue weighted by molar-refractivity contribution is 7.04. The third-order valence-corrected chi connectivity index (χ3v) is 2.59. The number of carbonyl (C=O) groups is 1. The number of hydrogen-bond acceptors (Lipinski definition) is 4. The van der Waals surface area contributed by atoms with E-state index in [1.807, 2.05) is 0 Å². The number of hydrogen-bond donors (Lipinski definition) is 0. The van der Waals surface area contributed by atoms with Crippen molar-refractivity contribution in [2.45, 2.75) is 26.7 Å². The number of nitrogens with zero attached hydrogens (tertiary/aromatic N) is 1. The Morgan fingerprint density at radius 3 is 2.93 bits per heavy atom. The van der Waals surface area contributed by atoms with Crippen LogP contribution in [0.5, 0.6) is 5.88 Å². The molecule has 0 bridgehead atoms. The van der Waals surface area contributed by atoms with E-state index in [0.717, 1.165) is 6.42 Å². The molecule has 78 valence electrons. The molecule has 0 fully saturated rings. The summed E-state index contributed by atoms with van der Waals surface area (Å²) in [6.07, 6.45) is 1.49.